The molecule has 0 unspecified atom stereocenters. The summed E-state index contributed by atoms with van der Waals surface area (Å²) in [6, 6.07) is 2.14. The quantitative estimate of drug-likeness (QED) is 0.891. The van der Waals surface area contributed by atoms with Gasteiger partial charge in [-0.2, -0.15) is 0 Å². The zero-order valence-electron chi connectivity index (χ0n) is 9.09. The van der Waals surface area contributed by atoms with E-state index in [1.807, 2.05) is 0 Å². The maximum Gasteiger partial charge on any atom is 0.573 e. The van der Waals surface area contributed by atoms with Crippen LogP contribution < -0.4 is 15.2 Å². The number of hydrogen-bond donors (Lipinski definition) is 1. The zero-order chi connectivity index (χ0) is 13.2. The molecule has 1 aromatic carbocycles. The largest absolute Gasteiger partial charge is 0.573 e. The van der Waals surface area contributed by atoms with Crippen molar-refractivity contribution in [1.29, 1.82) is 0 Å². The fraction of sp³-hybridized carbons (Fsp3) is 0.300. The number of carbonyl (C=O) groups excluding carboxylic acids is 1. The van der Waals surface area contributed by atoms with Crippen molar-refractivity contribution < 1.29 is 27.4 Å². The van der Waals surface area contributed by atoms with Gasteiger partial charge in [0.05, 0.1) is 7.11 Å². The van der Waals surface area contributed by atoms with E-state index in [2.05, 4.69) is 4.74 Å². The van der Waals surface area contributed by atoms with E-state index >= 15 is 0 Å². The molecule has 17 heavy (non-hydrogen) atoms. The first kappa shape index (κ1) is 13.1. The van der Waals surface area contributed by atoms with E-state index in [0.717, 1.165) is 12.1 Å². The summed E-state index contributed by atoms with van der Waals surface area (Å²) >= 11 is 0. The molecule has 0 aliphatic rings. The summed E-state index contributed by atoms with van der Waals surface area (Å²) in [6.07, 6.45) is -4.83. The van der Waals surface area contributed by atoms with Crippen molar-refractivity contribution in [1.82, 2.24) is 0 Å². The van der Waals surface area contributed by atoms with E-state index in [0.29, 0.717) is 0 Å². The van der Waals surface area contributed by atoms with Crippen LogP contribution in [-0.4, -0.2) is 19.4 Å². The van der Waals surface area contributed by atoms with Gasteiger partial charge in [0.15, 0.2) is 11.5 Å². The predicted molar refractivity (Wildman–Crippen MR) is 52.9 cm³/mol. The van der Waals surface area contributed by atoms with Crippen LogP contribution in [0.4, 0.5) is 13.2 Å². The number of methoxy groups -OCH3 is 1. The SMILES string of the molecule is COc1c(OC(F)(F)F)ccc(C(N)=O)c1C. The van der Waals surface area contributed by atoms with Gasteiger partial charge in [-0.3, -0.25) is 4.79 Å². The van der Waals surface area contributed by atoms with Gasteiger partial charge in [-0.05, 0) is 19.1 Å². The van der Waals surface area contributed by atoms with Crippen LogP contribution in [0, 0.1) is 6.92 Å². The minimum atomic E-state index is -4.83. The molecule has 1 rings (SSSR count). The van der Waals surface area contributed by atoms with Crippen LogP contribution in [0.1, 0.15) is 15.9 Å². The highest BCUT2D eigenvalue weighted by Crippen LogP contribution is 2.36. The van der Waals surface area contributed by atoms with Crippen LogP contribution >= 0.6 is 0 Å². The van der Waals surface area contributed by atoms with Gasteiger partial charge in [-0.1, -0.05) is 0 Å². The summed E-state index contributed by atoms with van der Waals surface area (Å²) < 4.78 is 44.8. The number of primary amides is 1. The number of nitrogens with two attached hydrogens (primary N) is 1. The number of ether oxygens (including phenoxy) is 2. The van der Waals surface area contributed by atoms with E-state index in [-0.39, 0.29) is 16.9 Å². The Morgan fingerprint density at radius 1 is 1.35 bits per heavy atom. The van der Waals surface area contributed by atoms with Gasteiger partial charge in [0.1, 0.15) is 0 Å². The van der Waals surface area contributed by atoms with Gasteiger partial charge in [-0.25, -0.2) is 0 Å². The van der Waals surface area contributed by atoms with Crippen LogP contribution in [-0.2, 0) is 0 Å². The lowest BCUT2D eigenvalue weighted by atomic mass is 10.1. The third kappa shape index (κ3) is 3.02. The van der Waals surface area contributed by atoms with Gasteiger partial charge in [-0.15, -0.1) is 13.2 Å². The average molecular weight is 249 g/mol. The maximum atomic E-state index is 12.1. The maximum absolute atomic E-state index is 12.1. The number of alkyl halides is 3. The summed E-state index contributed by atoms with van der Waals surface area (Å²) in [5.41, 5.74) is 5.33. The smallest absolute Gasteiger partial charge is 0.493 e. The van der Waals surface area contributed by atoms with E-state index < -0.39 is 18.0 Å². The lowest BCUT2D eigenvalue weighted by Crippen LogP contribution is -2.19. The van der Waals surface area contributed by atoms with Gasteiger partial charge in [0.25, 0.3) is 0 Å². The first-order valence-corrected chi connectivity index (χ1v) is 4.49. The average Bonchev–Trinajstić information content (AvgIpc) is 2.15. The van der Waals surface area contributed by atoms with E-state index in [1.54, 1.807) is 0 Å². The molecule has 0 aromatic heterocycles. The molecule has 1 amide bonds. The Morgan fingerprint density at radius 2 is 1.94 bits per heavy atom. The van der Waals surface area contributed by atoms with Crippen molar-refractivity contribution in [3.05, 3.63) is 23.3 Å². The van der Waals surface area contributed by atoms with Crippen LogP contribution in [0.15, 0.2) is 12.1 Å². The van der Waals surface area contributed by atoms with Crippen LogP contribution in [0.25, 0.3) is 0 Å². The Labute approximate surface area is 95.1 Å². The highest BCUT2D eigenvalue weighted by Gasteiger charge is 2.33. The molecule has 0 saturated carbocycles. The summed E-state index contributed by atoms with van der Waals surface area (Å²) in [7, 11) is 1.18. The number of rotatable bonds is 3. The molecule has 0 aliphatic heterocycles. The van der Waals surface area contributed by atoms with Crippen molar-refractivity contribution in [2.24, 2.45) is 5.73 Å². The molecular formula is C10H10F3NO3. The molecule has 0 spiro atoms. The predicted octanol–water partition coefficient (Wildman–Crippen LogP) is 2.00. The van der Waals surface area contributed by atoms with E-state index in [1.165, 1.54) is 14.0 Å². The Morgan fingerprint density at radius 3 is 2.35 bits per heavy atom. The second kappa shape index (κ2) is 4.52. The Balaban J connectivity index is 3.26. The highest BCUT2D eigenvalue weighted by molar-refractivity contribution is 5.95. The normalized spacial score (nSPS) is 11.1. The second-order valence-corrected chi connectivity index (χ2v) is 3.18. The molecule has 0 saturated heterocycles. The van der Waals surface area contributed by atoms with Gasteiger partial charge < -0.3 is 15.2 Å². The van der Waals surface area contributed by atoms with E-state index in [4.69, 9.17) is 10.5 Å². The number of benzene rings is 1. The zero-order valence-corrected chi connectivity index (χ0v) is 9.09. The van der Waals surface area contributed by atoms with Crippen LogP contribution in [0.2, 0.25) is 0 Å². The molecule has 1 aromatic rings. The molecule has 4 nitrogen and oxygen atoms in total. The summed E-state index contributed by atoms with van der Waals surface area (Å²) in [4.78, 5) is 11.0. The van der Waals surface area contributed by atoms with Crippen molar-refractivity contribution >= 4 is 5.91 Å². The fourth-order valence-corrected chi connectivity index (χ4v) is 1.39. The Kier molecular flexibility index (Phi) is 3.50. The number of hydrogen-bond acceptors (Lipinski definition) is 3. The molecular weight excluding hydrogens is 239 g/mol. The van der Waals surface area contributed by atoms with Crippen LogP contribution in [0.5, 0.6) is 11.5 Å². The lowest BCUT2D eigenvalue weighted by molar-refractivity contribution is -0.275. The molecule has 0 atom stereocenters. The molecule has 0 aliphatic carbocycles. The first-order chi connectivity index (χ1) is 7.76. The number of amides is 1. The van der Waals surface area contributed by atoms with Gasteiger partial charge >= 0.3 is 6.36 Å². The molecule has 0 fully saturated rings. The third-order valence-electron chi connectivity index (χ3n) is 2.07. The Hall–Kier alpha value is -1.92. The molecule has 2 N–H and O–H groups in total. The van der Waals surface area contributed by atoms with Crippen molar-refractivity contribution in [2.45, 2.75) is 13.3 Å². The number of halogens is 3. The minimum Gasteiger partial charge on any atom is -0.493 e. The summed E-state index contributed by atoms with van der Waals surface area (Å²) in [5.74, 6) is -1.43. The second-order valence-electron chi connectivity index (χ2n) is 3.18. The van der Waals surface area contributed by atoms with Crippen molar-refractivity contribution in [2.75, 3.05) is 7.11 Å². The molecule has 7 heteroatoms. The molecule has 0 radical (unpaired) electrons. The summed E-state index contributed by atoms with van der Waals surface area (Å²) in [5, 5.41) is 0. The first-order valence-electron chi connectivity index (χ1n) is 4.49. The fourth-order valence-electron chi connectivity index (χ4n) is 1.39. The highest BCUT2D eigenvalue weighted by atomic mass is 19.4. The van der Waals surface area contributed by atoms with Gasteiger partial charge in [0, 0.05) is 11.1 Å². The third-order valence-corrected chi connectivity index (χ3v) is 2.07. The molecule has 0 bridgehead atoms. The topological polar surface area (TPSA) is 61.6 Å². The standard InChI is InChI=1S/C10H10F3NO3/c1-5-6(9(14)15)3-4-7(8(5)16-2)17-10(11,12)13/h3-4H,1-2H3,(H2,14,15). The lowest BCUT2D eigenvalue weighted by Gasteiger charge is -2.15. The van der Waals surface area contributed by atoms with Crippen molar-refractivity contribution in [3.63, 3.8) is 0 Å². The molecule has 94 valence electrons. The molecule has 0 heterocycles. The Bertz CT molecular complexity index is 443. The van der Waals surface area contributed by atoms with Crippen LogP contribution in [0.3, 0.4) is 0 Å². The number of carbonyl (C=O) groups is 1. The minimum absolute atomic E-state index is 0.0800. The summed E-state index contributed by atoms with van der Waals surface area (Å²) in [6.45, 7) is 1.42. The monoisotopic (exact) mass is 249 g/mol. The van der Waals surface area contributed by atoms with Gasteiger partial charge in [0.2, 0.25) is 5.91 Å². The van der Waals surface area contributed by atoms with E-state index in [9.17, 15) is 18.0 Å². The van der Waals surface area contributed by atoms with Crippen molar-refractivity contribution in [3.8, 4) is 11.5 Å².